The zero-order chi connectivity index (χ0) is 23.1. The maximum absolute atomic E-state index is 13.2. The summed E-state index contributed by atoms with van der Waals surface area (Å²) in [4.78, 5) is 24.9. The molecule has 32 heavy (non-hydrogen) atoms. The Morgan fingerprint density at radius 1 is 1.06 bits per heavy atom. The van der Waals surface area contributed by atoms with Crippen molar-refractivity contribution in [2.24, 2.45) is 0 Å². The van der Waals surface area contributed by atoms with E-state index in [9.17, 15) is 14.0 Å². The Hall–Kier alpha value is -3.88. The van der Waals surface area contributed by atoms with Gasteiger partial charge in [0.25, 0.3) is 11.5 Å². The molecule has 3 rings (SSSR count). The van der Waals surface area contributed by atoms with Gasteiger partial charge in [0.2, 0.25) is 5.88 Å². The van der Waals surface area contributed by atoms with Gasteiger partial charge in [0, 0.05) is 18.2 Å². The first-order valence-corrected chi connectivity index (χ1v) is 10.1. The average molecular weight is 441 g/mol. The van der Waals surface area contributed by atoms with Gasteiger partial charge in [0.1, 0.15) is 17.3 Å². The summed E-state index contributed by atoms with van der Waals surface area (Å²) in [5, 5.41) is 6.89. The highest BCUT2D eigenvalue weighted by atomic mass is 19.1. The maximum Gasteiger partial charge on any atom is 0.271 e. The van der Waals surface area contributed by atoms with Crippen LogP contribution in [0.5, 0.6) is 17.4 Å². The van der Waals surface area contributed by atoms with E-state index < -0.39 is 23.4 Å². The molecule has 1 unspecified atom stereocenters. The molecule has 0 spiro atoms. The second kappa shape index (κ2) is 10.4. The molecule has 0 saturated carbocycles. The van der Waals surface area contributed by atoms with Crippen LogP contribution >= 0.6 is 0 Å². The molecule has 1 N–H and O–H groups in total. The second-order valence-electron chi connectivity index (χ2n) is 6.67. The molecule has 9 heteroatoms. The molecular formula is C23H24FN3O5. The zero-order valence-corrected chi connectivity index (χ0v) is 18.0. The number of carbonyl (C=O) groups excluding carboxylic acids is 1. The molecule has 0 bridgehead atoms. The lowest BCUT2D eigenvalue weighted by molar-refractivity contribution is -0.122. The van der Waals surface area contributed by atoms with Crippen molar-refractivity contribution >= 4 is 11.6 Å². The predicted molar refractivity (Wildman–Crippen MR) is 117 cm³/mol. The van der Waals surface area contributed by atoms with Gasteiger partial charge in [-0.3, -0.25) is 9.59 Å². The number of carbonyl (C=O) groups is 1. The van der Waals surface area contributed by atoms with Gasteiger partial charge >= 0.3 is 0 Å². The van der Waals surface area contributed by atoms with Gasteiger partial charge in [-0.1, -0.05) is 0 Å². The van der Waals surface area contributed by atoms with Crippen molar-refractivity contribution in [1.29, 1.82) is 0 Å². The largest absolute Gasteiger partial charge is 0.494 e. The Morgan fingerprint density at radius 2 is 1.78 bits per heavy atom. The van der Waals surface area contributed by atoms with E-state index in [2.05, 4.69) is 10.4 Å². The highest BCUT2D eigenvalue weighted by Crippen LogP contribution is 2.29. The minimum Gasteiger partial charge on any atom is -0.494 e. The van der Waals surface area contributed by atoms with Crippen LogP contribution < -0.4 is 25.1 Å². The number of rotatable bonds is 9. The zero-order valence-electron chi connectivity index (χ0n) is 18.0. The SMILES string of the molecule is CCOc1ccc(OCC)c(NC(=O)C(C)Oc2ccc(=O)n(-c3ccc(F)cc3)n2)c1. The van der Waals surface area contributed by atoms with Gasteiger partial charge in [-0.05, 0) is 57.2 Å². The molecule has 0 aliphatic heterocycles. The molecule has 3 aromatic rings. The molecule has 0 saturated heterocycles. The lowest BCUT2D eigenvalue weighted by atomic mass is 10.2. The third kappa shape index (κ3) is 5.63. The average Bonchev–Trinajstić information content (AvgIpc) is 2.78. The normalized spacial score (nSPS) is 11.5. The van der Waals surface area contributed by atoms with E-state index in [4.69, 9.17) is 14.2 Å². The van der Waals surface area contributed by atoms with Crippen molar-refractivity contribution in [3.63, 3.8) is 0 Å². The number of hydrogen-bond acceptors (Lipinski definition) is 6. The quantitative estimate of drug-likeness (QED) is 0.546. The predicted octanol–water partition coefficient (Wildman–Crippen LogP) is 3.58. The number of anilines is 1. The van der Waals surface area contributed by atoms with E-state index in [1.54, 1.807) is 25.1 Å². The number of benzene rings is 2. The number of halogens is 1. The smallest absolute Gasteiger partial charge is 0.271 e. The van der Waals surface area contributed by atoms with Crippen LogP contribution in [0, 0.1) is 5.82 Å². The second-order valence-corrected chi connectivity index (χ2v) is 6.67. The van der Waals surface area contributed by atoms with Crippen LogP contribution in [-0.4, -0.2) is 35.0 Å². The molecule has 1 aromatic heterocycles. The van der Waals surface area contributed by atoms with E-state index in [1.807, 2.05) is 13.8 Å². The molecule has 0 fully saturated rings. The third-order valence-corrected chi connectivity index (χ3v) is 4.33. The van der Waals surface area contributed by atoms with Crippen molar-refractivity contribution < 1.29 is 23.4 Å². The highest BCUT2D eigenvalue weighted by molar-refractivity contribution is 5.95. The molecule has 2 aromatic carbocycles. The summed E-state index contributed by atoms with van der Waals surface area (Å²) >= 11 is 0. The van der Waals surface area contributed by atoms with E-state index in [0.29, 0.717) is 36.1 Å². The Balaban J connectivity index is 1.76. The number of nitrogens with one attached hydrogen (secondary N) is 1. The summed E-state index contributed by atoms with van der Waals surface area (Å²) in [6, 6.07) is 13.1. The van der Waals surface area contributed by atoms with Gasteiger partial charge in [-0.15, -0.1) is 5.10 Å². The van der Waals surface area contributed by atoms with Gasteiger partial charge in [0.15, 0.2) is 6.10 Å². The molecule has 8 nitrogen and oxygen atoms in total. The number of hydrogen-bond donors (Lipinski definition) is 1. The Morgan fingerprint density at radius 3 is 2.47 bits per heavy atom. The summed E-state index contributed by atoms with van der Waals surface area (Å²) in [6.45, 7) is 6.17. The van der Waals surface area contributed by atoms with Crippen LogP contribution in [0.15, 0.2) is 59.4 Å². The minimum atomic E-state index is -0.938. The van der Waals surface area contributed by atoms with Crippen LogP contribution in [0.3, 0.4) is 0 Å². The van der Waals surface area contributed by atoms with Gasteiger partial charge in [-0.25, -0.2) is 4.39 Å². The van der Waals surface area contributed by atoms with Crippen molar-refractivity contribution in [2.45, 2.75) is 26.9 Å². The summed E-state index contributed by atoms with van der Waals surface area (Å²) in [5.74, 6) is 0.275. The van der Waals surface area contributed by atoms with Crippen LogP contribution in [0.4, 0.5) is 10.1 Å². The van der Waals surface area contributed by atoms with E-state index in [0.717, 1.165) is 4.68 Å². The maximum atomic E-state index is 13.2. The highest BCUT2D eigenvalue weighted by Gasteiger charge is 2.19. The van der Waals surface area contributed by atoms with Gasteiger partial charge in [0.05, 0.1) is 24.6 Å². The Kier molecular flexibility index (Phi) is 7.43. The summed E-state index contributed by atoms with van der Waals surface area (Å²) in [5.41, 5.74) is 0.394. The monoisotopic (exact) mass is 441 g/mol. The summed E-state index contributed by atoms with van der Waals surface area (Å²) in [6.07, 6.45) is -0.938. The van der Waals surface area contributed by atoms with Crippen LogP contribution in [0.2, 0.25) is 0 Å². The summed E-state index contributed by atoms with van der Waals surface area (Å²) in [7, 11) is 0. The lowest BCUT2D eigenvalue weighted by Crippen LogP contribution is -2.31. The minimum absolute atomic E-state index is 0.0599. The van der Waals surface area contributed by atoms with Crippen LogP contribution in [0.25, 0.3) is 5.69 Å². The fourth-order valence-electron chi connectivity index (χ4n) is 2.84. The van der Waals surface area contributed by atoms with Crippen LogP contribution in [-0.2, 0) is 4.79 Å². The fourth-order valence-corrected chi connectivity index (χ4v) is 2.84. The van der Waals surface area contributed by atoms with Crippen molar-refractivity contribution in [3.8, 4) is 23.1 Å². The van der Waals surface area contributed by atoms with Crippen molar-refractivity contribution in [3.05, 3.63) is 70.8 Å². The molecule has 0 radical (unpaired) electrons. The topological polar surface area (TPSA) is 91.7 Å². The number of amides is 1. The van der Waals surface area contributed by atoms with Crippen LogP contribution in [0.1, 0.15) is 20.8 Å². The first kappa shape index (κ1) is 22.8. The lowest BCUT2D eigenvalue weighted by Gasteiger charge is -2.17. The van der Waals surface area contributed by atoms with Gasteiger partial charge in [-0.2, -0.15) is 4.68 Å². The standard InChI is InChI=1S/C23H24FN3O5/c1-4-30-18-10-11-20(31-5-2)19(14-18)25-23(29)15(3)32-21-12-13-22(28)27(26-21)17-8-6-16(24)7-9-17/h6-15H,4-5H2,1-3H3,(H,25,29). The van der Waals surface area contributed by atoms with E-state index in [-0.39, 0.29) is 5.88 Å². The van der Waals surface area contributed by atoms with Crippen molar-refractivity contribution in [2.75, 3.05) is 18.5 Å². The van der Waals surface area contributed by atoms with E-state index in [1.165, 1.54) is 36.4 Å². The van der Waals surface area contributed by atoms with Gasteiger partial charge < -0.3 is 19.5 Å². The molecule has 1 amide bonds. The molecule has 1 heterocycles. The fraction of sp³-hybridized carbons (Fsp3) is 0.261. The first-order chi connectivity index (χ1) is 15.4. The Labute approximate surface area is 184 Å². The molecule has 168 valence electrons. The number of nitrogens with zero attached hydrogens (tertiary/aromatic N) is 2. The van der Waals surface area contributed by atoms with Crippen molar-refractivity contribution in [1.82, 2.24) is 9.78 Å². The first-order valence-electron chi connectivity index (χ1n) is 10.1. The molecule has 0 aliphatic carbocycles. The third-order valence-electron chi connectivity index (χ3n) is 4.33. The summed E-state index contributed by atoms with van der Waals surface area (Å²) < 4.78 is 30.9. The Bertz CT molecular complexity index is 1130. The number of ether oxygens (including phenoxy) is 3. The molecule has 0 aliphatic rings. The molecule has 1 atom stereocenters. The van der Waals surface area contributed by atoms with E-state index >= 15 is 0 Å². The number of aromatic nitrogens is 2. The molecular weight excluding hydrogens is 417 g/mol.